The van der Waals surface area contributed by atoms with Gasteiger partial charge in [0.1, 0.15) is 5.75 Å². The lowest BCUT2D eigenvalue weighted by Crippen LogP contribution is -2.26. The van der Waals surface area contributed by atoms with Crippen molar-refractivity contribution in [2.45, 2.75) is 13.0 Å². The van der Waals surface area contributed by atoms with E-state index in [0.29, 0.717) is 6.54 Å². The number of aryl methyl sites for hydroxylation is 1. The highest BCUT2D eigenvalue weighted by molar-refractivity contribution is 5.58. The van der Waals surface area contributed by atoms with Gasteiger partial charge in [0.25, 0.3) is 0 Å². The van der Waals surface area contributed by atoms with Gasteiger partial charge in [-0.3, -0.25) is 4.68 Å². The van der Waals surface area contributed by atoms with Crippen LogP contribution in [0.15, 0.2) is 36.5 Å². The summed E-state index contributed by atoms with van der Waals surface area (Å²) in [7, 11) is 3.62. The third-order valence-electron chi connectivity index (χ3n) is 3.18. The lowest BCUT2D eigenvalue weighted by Gasteiger charge is -2.25. The summed E-state index contributed by atoms with van der Waals surface area (Å²) in [6, 6.07) is 10.1. The number of hydrogen-bond donors (Lipinski definition) is 1. The zero-order valence-corrected chi connectivity index (χ0v) is 12.1. The first kappa shape index (κ1) is 14.4. The molecule has 0 radical (unpaired) electrons. The van der Waals surface area contributed by atoms with E-state index in [4.69, 9.17) is 10.5 Å². The van der Waals surface area contributed by atoms with Crippen LogP contribution in [-0.4, -0.2) is 30.0 Å². The Kier molecular flexibility index (Phi) is 5.01. The van der Waals surface area contributed by atoms with Gasteiger partial charge in [0.05, 0.1) is 25.0 Å². The van der Waals surface area contributed by atoms with E-state index >= 15 is 0 Å². The Labute approximate surface area is 119 Å². The Bertz CT molecular complexity index is 538. The lowest BCUT2D eigenvalue weighted by molar-refractivity contribution is 0.414. The molecular weight excluding hydrogens is 252 g/mol. The fraction of sp³-hybridized carbons (Fsp3) is 0.400. The van der Waals surface area contributed by atoms with Crippen molar-refractivity contribution in [3.05, 3.63) is 42.2 Å². The second kappa shape index (κ2) is 6.96. The molecule has 0 spiro atoms. The molecule has 108 valence electrons. The van der Waals surface area contributed by atoms with Crippen molar-refractivity contribution in [3.8, 4) is 5.75 Å². The zero-order valence-electron chi connectivity index (χ0n) is 12.1. The second-order valence-corrected chi connectivity index (χ2v) is 4.72. The standard InChI is InChI=1S/C15H22N4O/c1-18-11-8-13(17-18)12-19(10-5-9-16)14-6-3-4-7-15(14)20-2/h3-4,6-8,11H,5,9-10,12,16H2,1-2H3. The molecule has 1 heterocycles. The van der Waals surface area contributed by atoms with Crippen LogP contribution >= 0.6 is 0 Å². The summed E-state index contributed by atoms with van der Waals surface area (Å²) < 4.78 is 7.27. The molecule has 20 heavy (non-hydrogen) atoms. The van der Waals surface area contributed by atoms with Gasteiger partial charge in [-0.25, -0.2) is 0 Å². The van der Waals surface area contributed by atoms with E-state index in [0.717, 1.165) is 36.6 Å². The quantitative estimate of drug-likeness (QED) is 0.836. The SMILES string of the molecule is COc1ccccc1N(CCCN)Cc1ccn(C)n1. The van der Waals surface area contributed by atoms with Gasteiger partial charge < -0.3 is 15.4 Å². The molecule has 0 fully saturated rings. The summed E-state index contributed by atoms with van der Waals surface area (Å²) in [6.45, 7) is 2.31. The minimum absolute atomic E-state index is 0.674. The molecule has 1 aromatic heterocycles. The van der Waals surface area contributed by atoms with Gasteiger partial charge in [-0.05, 0) is 31.2 Å². The molecule has 0 saturated heterocycles. The summed E-state index contributed by atoms with van der Waals surface area (Å²) in [5.41, 5.74) is 7.76. The van der Waals surface area contributed by atoms with Gasteiger partial charge in [0, 0.05) is 19.8 Å². The predicted octanol–water partition coefficient (Wildman–Crippen LogP) is 1.78. The summed E-state index contributed by atoms with van der Waals surface area (Å²) in [5, 5.41) is 4.44. The highest BCUT2D eigenvalue weighted by atomic mass is 16.5. The van der Waals surface area contributed by atoms with Crippen LogP contribution in [-0.2, 0) is 13.6 Å². The normalized spacial score (nSPS) is 10.6. The number of methoxy groups -OCH3 is 1. The topological polar surface area (TPSA) is 56.3 Å². The highest BCUT2D eigenvalue weighted by Crippen LogP contribution is 2.28. The molecule has 0 amide bonds. The van der Waals surface area contributed by atoms with Gasteiger partial charge in [-0.2, -0.15) is 5.10 Å². The number of benzene rings is 1. The molecule has 0 aliphatic rings. The van der Waals surface area contributed by atoms with E-state index in [1.807, 2.05) is 42.2 Å². The third kappa shape index (κ3) is 3.51. The Morgan fingerprint density at radius 3 is 2.75 bits per heavy atom. The third-order valence-corrected chi connectivity index (χ3v) is 3.18. The van der Waals surface area contributed by atoms with Crippen LogP contribution in [0.3, 0.4) is 0 Å². The Balaban J connectivity index is 2.22. The van der Waals surface area contributed by atoms with Crippen molar-refractivity contribution < 1.29 is 4.74 Å². The molecule has 0 unspecified atom stereocenters. The van der Waals surface area contributed by atoms with Crippen LogP contribution in [0.25, 0.3) is 0 Å². The number of ether oxygens (including phenoxy) is 1. The van der Waals surface area contributed by atoms with E-state index in [9.17, 15) is 0 Å². The molecule has 2 rings (SSSR count). The van der Waals surface area contributed by atoms with E-state index in [2.05, 4.69) is 16.1 Å². The Hall–Kier alpha value is -2.01. The van der Waals surface area contributed by atoms with Gasteiger partial charge in [-0.1, -0.05) is 12.1 Å². The van der Waals surface area contributed by atoms with E-state index in [-0.39, 0.29) is 0 Å². The number of anilines is 1. The number of nitrogens with zero attached hydrogens (tertiary/aromatic N) is 3. The number of para-hydroxylation sites is 2. The van der Waals surface area contributed by atoms with E-state index in [1.165, 1.54) is 0 Å². The van der Waals surface area contributed by atoms with E-state index in [1.54, 1.807) is 7.11 Å². The van der Waals surface area contributed by atoms with Gasteiger partial charge in [0.15, 0.2) is 0 Å². The van der Waals surface area contributed by atoms with Gasteiger partial charge in [0.2, 0.25) is 0 Å². The molecule has 5 heteroatoms. The average Bonchev–Trinajstić information content (AvgIpc) is 2.88. The summed E-state index contributed by atoms with van der Waals surface area (Å²) in [4.78, 5) is 2.26. The number of rotatable bonds is 7. The molecule has 0 atom stereocenters. The molecule has 0 bridgehead atoms. The summed E-state index contributed by atoms with van der Waals surface area (Å²) in [5.74, 6) is 0.875. The van der Waals surface area contributed by atoms with Crippen LogP contribution < -0.4 is 15.4 Å². The number of hydrogen-bond acceptors (Lipinski definition) is 4. The average molecular weight is 274 g/mol. The monoisotopic (exact) mass is 274 g/mol. The highest BCUT2D eigenvalue weighted by Gasteiger charge is 2.13. The molecule has 0 aliphatic heterocycles. The van der Waals surface area contributed by atoms with Crippen molar-refractivity contribution in [2.75, 3.05) is 25.1 Å². The van der Waals surface area contributed by atoms with Crippen molar-refractivity contribution in [2.24, 2.45) is 12.8 Å². The van der Waals surface area contributed by atoms with Crippen molar-refractivity contribution in [1.82, 2.24) is 9.78 Å². The first-order valence-electron chi connectivity index (χ1n) is 6.81. The van der Waals surface area contributed by atoms with Crippen LogP contribution in [0.5, 0.6) is 5.75 Å². The number of aromatic nitrogens is 2. The molecule has 5 nitrogen and oxygen atoms in total. The first-order valence-corrected chi connectivity index (χ1v) is 6.81. The maximum absolute atomic E-state index is 5.65. The fourth-order valence-electron chi connectivity index (χ4n) is 2.20. The minimum Gasteiger partial charge on any atom is -0.495 e. The zero-order chi connectivity index (χ0) is 14.4. The molecule has 0 aliphatic carbocycles. The van der Waals surface area contributed by atoms with Crippen molar-refractivity contribution in [1.29, 1.82) is 0 Å². The summed E-state index contributed by atoms with van der Waals surface area (Å²) >= 11 is 0. The molecule has 0 saturated carbocycles. The smallest absolute Gasteiger partial charge is 0.142 e. The van der Waals surface area contributed by atoms with Crippen LogP contribution in [0.2, 0.25) is 0 Å². The number of nitrogens with two attached hydrogens (primary N) is 1. The molecule has 2 aromatic rings. The lowest BCUT2D eigenvalue weighted by atomic mass is 10.2. The molecular formula is C15H22N4O. The van der Waals surface area contributed by atoms with E-state index < -0.39 is 0 Å². The second-order valence-electron chi connectivity index (χ2n) is 4.72. The Morgan fingerprint density at radius 1 is 1.30 bits per heavy atom. The Morgan fingerprint density at radius 2 is 2.10 bits per heavy atom. The largest absolute Gasteiger partial charge is 0.495 e. The first-order chi connectivity index (χ1) is 9.74. The van der Waals surface area contributed by atoms with Gasteiger partial charge in [-0.15, -0.1) is 0 Å². The van der Waals surface area contributed by atoms with Crippen molar-refractivity contribution in [3.63, 3.8) is 0 Å². The van der Waals surface area contributed by atoms with Crippen molar-refractivity contribution >= 4 is 5.69 Å². The van der Waals surface area contributed by atoms with Gasteiger partial charge >= 0.3 is 0 Å². The van der Waals surface area contributed by atoms with Crippen LogP contribution in [0.1, 0.15) is 12.1 Å². The molecule has 2 N–H and O–H groups in total. The maximum Gasteiger partial charge on any atom is 0.142 e. The predicted molar refractivity (Wildman–Crippen MR) is 80.9 cm³/mol. The van der Waals surface area contributed by atoms with Crippen LogP contribution in [0.4, 0.5) is 5.69 Å². The molecule has 1 aromatic carbocycles. The fourth-order valence-corrected chi connectivity index (χ4v) is 2.20. The van der Waals surface area contributed by atoms with Crippen LogP contribution in [0, 0.1) is 0 Å². The minimum atomic E-state index is 0.674. The summed E-state index contributed by atoms with van der Waals surface area (Å²) in [6.07, 6.45) is 2.89. The maximum atomic E-state index is 5.65.